The van der Waals surface area contributed by atoms with E-state index in [1.807, 2.05) is 0 Å². The lowest BCUT2D eigenvalue weighted by molar-refractivity contribution is 0.138. The molecule has 0 radical (unpaired) electrons. The van der Waals surface area contributed by atoms with E-state index in [1.54, 1.807) is 0 Å². The quantitative estimate of drug-likeness (QED) is 0.798. The molecule has 2 nitrogen and oxygen atoms in total. The first kappa shape index (κ1) is 10.7. The van der Waals surface area contributed by atoms with Crippen LogP contribution in [0.25, 0.3) is 0 Å². The molecule has 1 aromatic rings. The minimum Gasteiger partial charge on any atom is -0.327 e. The van der Waals surface area contributed by atoms with Gasteiger partial charge in [0.1, 0.15) is 0 Å². The molecule has 1 fully saturated rings. The number of hydrogen-bond acceptors (Lipinski definition) is 2. The van der Waals surface area contributed by atoms with Crippen molar-refractivity contribution in [2.24, 2.45) is 5.73 Å². The van der Waals surface area contributed by atoms with Gasteiger partial charge in [-0.25, -0.2) is 0 Å². The second kappa shape index (κ2) is 4.77. The Labute approximate surface area is 92.1 Å². The first-order valence-electron chi connectivity index (χ1n) is 5.79. The lowest BCUT2D eigenvalue weighted by Crippen LogP contribution is -2.46. The van der Waals surface area contributed by atoms with Crippen molar-refractivity contribution in [3.63, 3.8) is 0 Å². The first-order valence-corrected chi connectivity index (χ1v) is 5.79. The minimum absolute atomic E-state index is 0.366. The maximum Gasteiger partial charge on any atom is 0.0237 e. The molecule has 0 aromatic heterocycles. The summed E-state index contributed by atoms with van der Waals surface area (Å²) in [4.78, 5) is 2.49. The van der Waals surface area contributed by atoms with Crippen molar-refractivity contribution in [2.75, 3.05) is 6.54 Å². The van der Waals surface area contributed by atoms with Crippen LogP contribution in [0.1, 0.15) is 25.3 Å². The van der Waals surface area contributed by atoms with Crippen molar-refractivity contribution >= 4 is 0 Å². The fourth-order valence-corrected chi connectivity index (χ4v) is 2.25. The highest BCUT2D eigenvalue weighted by Gasteiger charge is 2.22. The molecule has 1 aliphatic rings. The Balaban J connectivity index is 1.98. The molecule has 2 atom stereocenters. The van der Waals surface area contributed by atoms with Crippen LogP contribution in [0.15, 0.2) is 30.3 Å². The molecule has 0 spiro atoms. The molecule has 82 valence electrons. The standard InChI is InChI=1S/C13H20N2/c1-11-7-8-13(14)10-15(11)9-12-5-3-2-4-6-12/h2-6,11,13H,7-10,14H2,1H3/t11?,13-/m0/s1. The predicted molar refractivity (Wildman–Crippen MR) is 63.5 cm³/mol. The smallest absolute Gasteiger partial charge is 0.0237 e. The van der Waals surface area contributed by atoms with Crippen molar-refractivity contribution < 1.29 is 0 Å². The summed E-state index contributed by atoms with van der Waals surface area (Å²) in [6, 6.07) is 11.7. The van der Waals surface area contributed by atoms with Crippen molar-refractivity contribution in [2.45, 2.75) is 38.4 Å². The number of nitrogens with zero attached hydrogens (tertiary/aromatic N) is 1. The topological polar surface area (TPSA) is 29.3 Å². The fourth-order valence-electron chi connectivity index (χ4n) is 2.25. The highest BCUT2D eigenvalue weighted by molar-refractivity contribution is 5.14. The largest absolute Gasteiger partial charge is 0.327 e. The number of rotatable bonds is 2. The van der Waals surface area contributed by atoms with Crippen molar-refractivity contribution in [3.8, 4) is 0 Å². The summed E-state index contributed by atoms with van der Waals surface area (Å²) in [5, 5.41) is 0. The van der Waals surface area contributed by atoms with Crippen molar-refractivity contribution in [1.29, 1.82) is 0 Å². The van der Waals surface area contributed by atoms with Gasteiger partial charge in [-0.05, 0) is 25.3 Å². The minimum atomic E-state index is 0.366. The second-order valence-corrected chi connectivity index (χ2v) is 4.60. The summed E-state index contributed by atoms with van der Waals surface area (Å²) in [6.07, 6.45) is 2.40. The van der Waals surface area contributed by atoms with Gasteiger partial charge < -0.3 is 5.73 Å². The lowest BCUT2D eigenvalue weighted by atomic mass is 9.99. The Kier molecular flexibility index (Phi) is 3.39. The predicted octanol–water partition coefficient (Wildman–Crippen LogP) is 2.00. The highest BCUT2D eigenvalue weighted by atomic mass is 15.2. The van der Waals surface area contributed by atoms with Gasteiger partial charge in [-0.2, -0.15) is 0 Å². The third kappa shape index (κ3) is 2.80. The van der Waals surface area contributed by atoms with Crippen LogP contribution in [0.3, 0.4) is 0 Å². The van der Waals surface area contributed by atoms with Gasteiger partial charge in [0, 0.05) is 25.2 Å². The molecule has 1 aromatic carbocycles. The van der Waals surface area contributed by atoms with Crippen molar-refractivity contribution in [3.05, 3.63) is 35.9 Å². The van der Waals surface area contributed by atoms with E-state index in [0.29, 0.717) is 12.1 Å². The average molecular weight is 204 g/mol. The molecule has 0 saturated carbocycles. The molecule has 1 aliphatic heterocycles. The van der Waals surface area contributed by atoms with Crippen LogP contribution in [0.2, 0.25) is 0 Å². The zero-order valence-corrected chi connectivity index (χ0v) is 9.39. The van der Waals surface area contributed by atoms with E-state index in [9.17, 15) is 0 Å². The second-order valence-electron chi connectivity index (χ2n) is 4.60. The number of benzene rings is 1. The van der Waals surface area contributed by atoms with E-state index in [-0.39, 0.29) is 0 Å². The zero-order chi connectivity index (χ0) is 10.7. The molecule has 2 rings (SSSR count). The molecule has 0 aliphatic carbocycles. The Hall–Kier alpha value is -0.860. The molecule has 1 unspecified atom stereocenters. The van der Waals surface area contributed by atoms with Crippen LogP contribution < -0.4 is 5.73 Å². The summed E-state index contributed by atoms with van der Waals surface area (Å²) in [5.41, 5.74) is 7.39. The van der Waals surface area contributed by atoms with E-state index in [4.69, 9.17) is 5.73 Å². The summed E-state index contributed by atoms with van der Waals surface area (Å²) in [5.74, 6) is 0. The monoisotopic (exact) mass is 204 g/mol. The summed E-state index contributed by atoms with van der Waals surface area (Å²) < 4.78 is 0. The molecule has 2 N–H and O–H groups in total. The summed E-state index contributed by atoms with van der Waals surface area (Å²) in [6.45, 7) is 4.38. The van der Waals surface area contributed by atoms with Crippen LogP contribution >= 0.6 is 0 Å². The van der Waals surface area contributed by atoms with Crippen LogP contribution in [0.5, 0.6) is 0 Å². The Morgan fingerprint density at radius 3 is 2.73 bits per heavy atom. The van der Waals surface area contributed by atoms with E-state index in [2.05, 4.69) is 42.2 Å². The molecular formula is C13H20N2. The highest BCUT2D eigenvalue weighted by Crippen LogP contribution is 2.18. The SMILES string of the molecule is CC1CC[C@H](N)CN1Cc1ccccc1. The van der Waals surface area contributed by atoms with Gasteiger partial charge in [0.25, 0.3) is 0 Å². The lowest BCUT2D eigenvalue weighted by Gasteiger charge is -2.36. The molecule has 15 heavy (non-hydrogen) atoms. The van der Waals surface area contributed by atoms with Gasteiger partial charge in [0.15, 0.2) is 0 Å². The van der Waals surface area contributed by atoms with Crippen LogP contribution in [0, 0.1) is 0 Å². The normalized spacial score (nSPS) is 27.9. The van der Waals surface area contributed by atoms with Gasteiger partial charge in [0.05, 0.1) is 0 Å². The maximum absolute atomic E-state index is 6.00. The van der Waals surface area contributed by atoms with E-state index in [0.717, 1.165) is 13.1 Å². The van der Waals surface area contributed by atoms with Gasteiger partial charge in [-0.3, -0.25) is 4.90 Å². The number of hydrogen-bond donors (Lipinski definition) is 1. The molecule has 1 saturated heterocycles. The van der Waals surface area contributed by atoms with Crippen molar-refractivity contribution in [1.82, 2.24) is 4.90 Å². The Bertz CT molecular complexity index is 297. The first-order chi connectivity index (χ1) is 7.25. The van der Waals surface area contributed by atoms with E-state index in [1.165, 1.54) is 18.4 Å². The fraction of sp³-hybridized carbons (Fsp3) is 0.538. The Morgan fingerprint density at radius 2 is 2.00 bits per heavy atom. The van der Waals surface area contributed by atoms with Gasteiger partial charge in [0.2, 0.25) is 0 Å². The molecule has 0 amide bonds. The molecule has 1 heterocycles. The van der Waals surface area contributed by atoms with Crippen LogP contribution in [-0.4, -0.2) is 23.5 Å². The molecule has 2 heteroatoms. The maximum atomic E-state index is 6.00. The van der Waals surface area contributed by atoms with Crippen LogP contribution in [0.4, 0.5) is 0 Å². The summed E-state index contributed by atoms with van der Waals surface area (Å²) in [7, 11) is 0. The average Bonchev–Trinajstić information content (AvgIpc) is 2.25. The molecular weight excluding hydrogens is 184 g/mol. The van der Waals surface area contributed by atoms with Gasteiger partial charge in [-0.1, -0.05) is 30.3 Å². The number of likely N-dealkylation sites (tertiary alicyclic amines) is 1. The van der Waals surface area contributed by atoms with Crippen LogP contribution in [-0.2, 0) is 6.54 Å². The van der Waals surface area contributed by atoms with Gasteiger partial charge >= 0.3 is 0 Å². The molecule has 0 bridgehead atoms. The summed E-state index contributed by atoms with van der Waals surface area (Å²) >= 11 is 0. The number of piperidine rings is 1. The third-order valence-electron chi connectivity index (χ3n) is 3.28. The van der Waals surface area contributed by atoms with E-state index < -0.39 is 0 Å². The zero-order valence-electron chi connectivity index (χ0n) is 9.39. The third-order valence-corrected chi connectivity index (χ3v) is 3.28. The van der Waals surface area contributed by atoms with E-state index >= 15 is 0 Å². The number of nitrogens with two attached hydrogens (primary N) is 1. The Morgan fingerprint density at radius 1 is 1.27 bits per heavy atom. The van der Waals surface area contributed by atoms with Gasteiger partial charge in [-0.15, -0.1) is 0 Å².